The molecule has 0 heterocycles. The Kier molecular flexibility index (Phi) is 3.98. The normalized spacial score (nSPS) is 14.8. The molecule has 0 spiro atoms. The zero-order valence-electron chi connectivity index (χ0n) is 12.8. The fraction of sp³-hybridized carbons (Fsp3) is 0.333. The lowest BCUT2D eigenvalue weighted by molar-refractivity contribution is 0.456. The molecule has 0 aliphatic rings. The zero-order chi connectivity index (χ0) is 14.8. The summed E-state index contributed by atoms with van der Waals surface area (Å²) in [6.45, 7) is 6.65. The molecular weight excluding hydrogens is 244 g/mol. The van der Waals surface area contributed by atoms with Crippen LogP contribution in [0.3, 0.4) is 0 Å². The van der Waals surface area contributed by atoms with Gasteiger partial charge in [0.25, 0.3) is 0 Å². The van der Waals surface area contributed by atoms with Gasteiger partial charge in [0.15, 0.2) is 0 Å². The van der Waals surface area contributed by atoms with Crippen molar-refractivity contribution in [1.82, 2.24) is 5.32 Å². The van der Waals surface area contributed by atoms with E-state index in [-0.39, 0.29) is 5.41 Å². The summed E-state index contributed by atoms with van der Waals surface area (Å²) in [6, 6.07) is 18.7. The molecule has 106 valence electrons. The van der Waals surface area contributed by atoms with Crippen molar-refractivity contribution in [3.63, 3.8) is 0 Å². The van der Waals surface area contributed by atoms with E-state index in [0.717, 1.165) is 11.1 Å². The highest BCUT2D eigenvalue weighted by molar-refractivity contribution is 5.39. The summed E-state index contributed by atoms with van der Waals surface area (Å²) in [5.74, 6) is 0. The summed E-state index contributed by atoms with van der Waals surface area (Å²) in [5.41, 5.74) is 9.53. The maximum Gasteiger partial charge on any atom is 0.119 e. The van der Waals surface area contributed by atoms with Gasteiger partial charge in [-0.05, 0) is 29.2 Å². The SMILES string of the molecule is CNC(N)(c1ccccc1)c1ccc(C(C)(C)C)cc1. The Morgan fingerprint density at radius 3 is 1.65 bits per heavy atom. The van der Waals surface area contributed by atoms with Crippen molar-refractivity contribution in [3.8, 4) is 0 Å². The van der Waals surface area contributed by atoms with Crippen LogP contribution < -0.4 is 11.1 Å². The molecule has 0 aliphatic heterocycles. The minimum Gasteiger partial charge on any atom is -0.306 e. The van der Waals surface area contributed by atoms with Gasteiger partial charge in [0.1, 0.15) is 5.66 Å². The van der Waals surface area contributed by atoms with Gasteiger partial charge >= 0.3 is 0 Å². The van der Waals surface area contributed by atoms with Crippen molar-refractivity contribution in [2.75, 3.05) is 7.05 Å². The van der Waals surface area contributed by atoms with Gasteiger partial charge in [0, 0.05) is 0 Å². The minimum atomic E-state index is -0.655. The standard InChI is InChI=1S/C18H24N2/c1-17(2,3)14-10-12-16(13-11-14)18(19,20-4)15-8-6-5-7-9-15/h5-13,20H,19H2,1-4H3. The Balaban J connectivity index is 2.43. The van der Waals surface area contributed by atoms with Gasteiger partial charge in [-0.15, -0.1) is 0 Å². The van der Waals surface area contributed by atoms with E-state index < -0.39 is 5.66 Å². The Labute approximate surface area is 122 Å². The summed E-state index contributed by atoms with van der Waals surface area (Å²) in [5, 5.41) is 3.25. The van der Waals surface area contributed by atoms with E-state index in [4.69, 9.17) is 5.73 Å². The molecule has 0 radical (unpaired) electrons. The van der Waals surface area contributed by atoms with Gasteiger partial charge in [-0.3, -0.25) is 5.32 Å². The monoisotopic (exact) mass is 268 g/mol. The average Bonchev–Trinajstić information content (AvgIpc) is 2.46. The molecular formula is C18H24N2. The first-order valence-corrected chi connectivity index (χ1v) is 7.02. The number of hydrogen-bond donors (Lipinski definition) is 2. The maximum atomic E-state index is 6.59. The van der Waals surface area contributed by atoms with Crippen LogP contribution in [0.15, 0.2) is 54.6 Å². The average molecular weight is 268 g/mol. The largest absolute Gasteiger partial charge is 0.306 e. The van der Waals surface area contributed by atoms with Crippen LogP contribution in [0.2, 0.25) is 0 Å². The lowest BCUT2D eigenvalue weighted by Gasteiger charge is -2.31. The Morgan fingerprint density at radius 1 is 0.750 bits per heavy atom. The Morgan fingerprint density at radius 2 is 1.20 bits per heavy atom. The third kappa shape index (κ3) is 2.77. The molecule has 0 aromatic heterocycles. The second-order valence-corrected chi connectivity index (χ2v) is 6.25. The van der Waals surface area contributed by atoms with Gasteiger partial charge in [0.05, 0.1) is 0 Å². The van der Waals surface area contributed by atoms with Gasteiger partial charge < -0.3 is 5.73 Å². The molecule has 0 amide bonds. The molecule has 1 atom stereocenters. The van der Waals surface area contributed by atoms with Crippen LogP contribution in [0.4, 0.5) is 0 Å². The molecule has 2 aromatic rings. The molecule has 3 N–H and O–H groups in total. The van der Waals surface area contributed by atoms with Crippen LogP contribution in [-0.2, 0) is 11.1 Å². The molecule has 20 heavy (non-hydrogen) atoms. The van der Waals surface area contributed by atoms with Crippen LogP contribution in [-0.4, -0.2) is 7.05 Å². The zero-order valence-corrected chi connectivity index (χ0v) is 12.8. The van der Waals surface area contributed by atoms with E-state index in [2.05, 4.69) is 50.4 Å². The number of nitrogens with one attached hydrogen (secondary N) is 1. The summed E-state index contributed by atoms with van der Waals surface area (Å²) in [6.07, 6.45) is 0. The van der Waals surface area contributed by atoms with Crippen molar-refractivity contribution in [1.29, 1.82) is 0 Å². The van der Waals surface area contributed by atoms with Crippen LogP contribution in [0.1, 0.15) is 37.5 Å². The predicted octanol–water partition coefficient (Wildman–Crippen LogP) is 3.36. The highest BCUT2D eigenvalue weighted by atomic mass is 15.1. The summed E-state index contributed by atoms with van der Waals surface area (Å²) in [7, 11) is 1.89. The van der Waals surface area contributed by atoms with Crippen molar-refractivity contribution in [3.05, 3.63) is 71.3 Å². The van der Waals surface area contributed by atoms with Gasteiger partial charge in [-0.1, -0.05) is 75.4 Å². The third-order valence-electron chi connectivity index (χ3n) is 3.83. The fourth-order valence-corrected chi connectivity index (χ4v) is 2.39. The molecule has 0 fully saturated rings. The number of rotatable bonds is 3. The highest BCUT2D eigenvalue weighted by Crippen LogP contribution is 2.27. The molecule has 2 heteroatoms. The molecule has 2 rings (SSSR count). The first-order chi connectivity index (χ1) is 9.38. The Hall–Kier alpha value is -1.64. The summed E-state index contributed by atoms with van der Waals surface area (Å²) < 4.78 is 0. The topological polar surface area (TPSA) is 38.0 Å². The van der Waals surface area contributed by atoms with Gasteiger partial charge in [-0.25, -0.2) is 0 Å². The summed E-state index contributed by atoms with van der Waals surface area (Å²) in [4.78, 5) is 0. The fourth-order valence-electron chi connectivity index (χ4n) is 2.39. The summed E-state index contributed by atoms with van der Waals surface area (Å²) >= 11 is 0. The van der Waals surface area contributed by atoms with E-state index in [1.165, 1.54) is 5.56 Å². The first-order valence-electron chi connectivity index (χ1n) is 7.02. The molecule has 2 aromatic carbocycles. The van der Waals surface area contributed by atoms with E-state index in [1.807, 2.05) is 37.4 Å². The number of nitrogens with two attached hydrogens (primary N) is 1. The lowest BCUT2D eigenvalue weighted by Crippen LogP contribution is -2.49. The molecule has 2 nitrogen and oxygen atoms in total. The van der Waals surface area contributed by atoms with Gasteiger partial charge in [0.2, 0.25) is 0 Å². The number of benzene rings is 2. The lowest BCUT2D eigenvalue weighted by atomic mass is 9.84. The minimum absolute atomic E-state index is 0.155. The smallest absolute Gasteiger partial charge is 0.119 e. The van der Waals surface area contributed by atoms with Crippen molar-refractivity contribution in [2.45, 2.75) is 31.8 Å². The quantitative estimate of drug-likeness (QED) is 0.838. The van der Waals surface area contributed by atoms with Crippen LogP contribution in [0.5, 0.6) is 0 Å². The van der Waals surface area contributed by atoms with E-state index in [9.17, 15) is 0 Å². The van der Waals surface area contributed by atoms with E-state index in [0.29, 0.717) is 0 Å². The molecule has 0 aliphatic carbocycles. The van der Waals surface area contributed by atoms with Crippen LogP contribution in [0.25, 0.3) is 0 Å². The van der Waals surface area contributed by atoms with Gasteiger partial charge in [-0.2, -0.15) is 0 Å². The van der Waals surface area contributed by atoms with Crippen molar-refractivity contribution in [2.24, 2.45) is 5.73 Å². The van der Waals surface area contributed by atoms with Crippen LogP contribution >= 0.6 is 0 Å². The van der Waals surface area contributed by atoms with Crippen molar-refractivity contribution >= 4 is 0 Å². The highest BCUT2D eigenvalue weighted by Gasteiger charge is 2.27. The molecule has 0 bridgehead atoms. The second-order valence-electron chi connectivity index (χ2n) is 6.25. The first kappa shape index (κ1) is 14.8. The third-order valence-corrected chi connectivity index (χ3v) is 3.83. The maximum absolute atomic E-state index is 6.59. The van der Waals surface area contributed by atoms with Crippen LogP contribution in [0, 0.1) is 0 Å². The predicted molar refractivity (Wildman–Crippen MR) is 85.6 cm³/mol. The number of hydrogen-bond acceptors (Lipinski definition) is 2. The Bertz CT molecular complexity index is 552. The second kappa shape index (κ2) is 5.39. The van der Waals surface area contributed by atoms with Crippen molar-refractivity contribution < 1.29 is 0 Å². The van der Waals surface area contributed by atoms with E-state index in [1.54, 1.807) is 0 Å². The van der Waals surface area contributed by atoms with E-state index >= 15 is 0 Å². The molecule has 0 saturated carbocycles. The molecule has 0 saturated heterocycles. The molecule has 1 unspecified atom stereocenters.